The summed E-state index contributed by atoms with van der Waals surface area (Å²) in [5.74, 6) is 0. The molecule has 0 aliphatic heterocycles. The second-order valence-electron chi connectivity index (χ2n) is 16.5. The van der Waals surface area contributed by atoms with Crippen LogP contribution in [0.15, 0.2) is 255 Å². The molecule has 0 fully saturated rings. The fourth-order valence-electron chi connectivity index (χ4n) is 10.3. The maximum atomic E-state index is 2.46. The third-order valence-corrected chi connectivity index (χ3v) is 13.1. The third-order valence-electron chi connectivity index (χ3n) is 13.1. The molecule has 63 heavy (non-hydrogen) atoms. The fourth-order valence-corrected chi connectivity index (χ4v) is 10.3. The van der Waals surface area contributed by atoms with Gasteiger partial charge in [-0.25, -0.2) is 0 Å². The maximum Gasteiger partial charge on any atom is 0.0714 e. The van der Waals surface area contributed by atoms with Crippen LogP contribution in [0.1, 0.15) is 22.3 Å². The molecule has 10 aromatic carbocycles. The van der Waals surface area contributed by atoms with Gasteiger partial charge < -0.3 is 9.47 Å². The van der Waals surface area contributed by atoms with Crippen LogP contribution in [0.2, 0.25) is 0 Å². The number of fused-ring (bicyclic) bond motifs is 6. The summed E-state index contributed by atoms with van der Waals surface area (Å²) in [4.78, 5) is 2.45. The van der Waals surface area contributed by atoms with Crippen LogP contribution in [0.5, 0.6) is 0 Å². The smallest absolute Gasteiger partial charge is 0.0714 e. The van der Waals surface area contributed by atoms with Crippen molar-refractivity contribution in [3.8, 4) is 39.1 Å². The van der Waals surface area contributed by atoms with Crippen molar-refractivity contribution in [2.45, 2.75) is 5.41 Å². The Balaban J connectivity index is 1.10. The van der Waals surface area contributed by atoms with Gasteiger partial charge in [-0.05, 0) is 110 Å². The van der Waals surface area contributed by atoms with Crippen molar-refractivity contribution in [3.63, 3.8) is 0 Å². The number of hydrogen-bond donors (Lipinski definition) is 0. The molecule has 2 heteroatoms. The number of aromatic nitrogens is 1. The summed E-state index contributed by atoms with van der Waals surface area (Å²) in [6.45, 7) is 0. The van der Waals surface area contributed by atoms with Gasteiger partial charge in [-0.2, -0.15) is 0 Å². The molecular weight excluding hydrogens is 761 g/mol. The average molecular weight is 803 g/mol. The zero-order chi connectivity index (χ0) is 41.7. The highest BCUT2D eigenvalue weighted by Gasteiger charge is 2.46. The lowest BCUT2D eigenvalue weighted by Gasteiger charge is -2.35. The second kappa shape index (κ2) is 15.1. The molecule has 1 aliphatic carbocycles. The Morgan fingerprint density at radius 2 is 0.810 bits per heavy atom. The van der Waals surface area contributed by atoms with Crippen LogP contribution in [0.3, 0.4) is 0 Å². The monoisotopic (exact) mass is 802 g/mol. The molecule has 11 aromatic rings. The van der Waals surface area contributed by atoms with E-state index in [-0.39, 0.29) is 0 Å². The quantitative estimate of drug-likeness (QED) is 0.149. The summed E-state index contributed by atoms with van der Waals surface area (Å²) in [6.07, 6.45) is 0. The van der Waals surface area contributed by atoms with Crippen molar-refractivity contribution in [2.75, 3.05) is 4.90 Å². The second-order valence-corrected chi connectivity index (χ2v) is 16.5. The summed E-state index contributed by atoms with van der Waals surface area (Å²) in [5, 5.41) is 2.45. The van der Waals surface area contributed by atoms with Crippen LogP contribution in [0.4, 0.5) is 17.1 Å². The van der Waals surface area contributed by atoms with Crippen molar-refractivity contribution in [1.29, 1.82) is 0 Å². The Bertz CT molecular complexity index is 3380. The van der Waals surface area contributed by atoms with Gasteiger partial charge in [0.1, 0.15) is 0 Å². The third kappa shape index (κ3) is 5.95. The van der Waals surface area contributed by atoms with Gasteiger partial charge in [-0.1, -0.05) is 200 Å². The maximum absolute atomic E-state index is 2.46. The van der Waals surface area contributed by atoms with Gasteiger partial charge in [0.15, 0.2) is 0 Å². The van der Waals surface area contributed by atoms with Crippen LogP contribution in [-0.4, -0.2) is 4.57 Å². The van der Waals surface area contributed by atoms with Gasteiger partial charge in [0, 0.05) is 33.5 Å². The number of rotatable bonds is 8. The molecule has 1 aliphatic rings. The Morgan fingerprint density at radius 3 is 1.52 bits per heavy atom. The average Bonchev–Trinajstić information content (AvgIpc) is 3.85. The SMILES string of the molecule is c1ccc(-c2ccc(N(c3ccc4c(c3)C(c3ccccc3)(c3ccccc3)c3ccccc3-4)c3ccc4c5ccccc5n(-c5cccc(-c6ccccc6)c5)c4c3)cc2)cc1. The molecule has 1 heterocycles. The van der Waals surface area contributed by atoms with Crippen LogP contribution >= 0.6 is 0 Å². The minimum absolute atomic E-state index is 0.520. The first kappa shape index (κ1) is 36.6. The number of para-hydroxylation sites is 1. The first-order chi connectivity index (χ1) is 31.3. The normalized spacial score (nSPS) is 12.6. The summed E-state index contributed by atoms with van der Waals surface area (Å²) in [7, 11) is 0. The standard InChI is InChI=1S/C61H42N2/c1-5-18-43(19-6-1)45-32-34-49(35-33-45)62(51-36-38-54-53-28-13-15-30-57(53)61(58(54)41-51,47-23-9-3-10-24-47)48-25-11-4-12-26-48)52-37-39-56-55-29-14-16-31-59(55)63(60(56)42-52)50-27-17-22-46(40-50)44-20-7-2-8-21-44/h1-42H. The van der Waals surface area contributed by atoms with Crippen LogP contribution in [0, 0.1) is 0 Å². The summed E-state index contributed by atoms with van der Waals surface area (Å²) < 4.78 is 2.44. The highest BCUT2D eigenvalue weighted by molar-refractivity contribution is 6.10. The highest BCUT2D eigenvalue weighted by Crippen LogP contribution is 2.57. The molecule has 0 saturated heterocycles. The topological polar surface area (TPSA) is 8.17 Å². The Hall–Kier alpha value is -8.20. The Morgan fingerprint density at radius 1 is 0.302 bits per heavy atom. The van der Waals surface area contributed by atoms with Crippen molar-refractivity contribution in [2.24, 2.45) is 0 Å². The van der Waals surface area contributed by atoms with Crippen molar-refractivity contribution >= 4 is 38.9 Å². The van der Waals surface area contributed by atoms with Gasteiger partial charge in [0.25, 0.3) is 0 Å². The number of nitrogens with zero attached hydrogens (tertiary/aromatic N) is 2. The molecule has 296 valence electrons. The predicted octanol–water partition coefficient (Wildman–Crippen LogP) is 16.0. The molecule has 0 atom stereocenters. The summed E-state index contributed by atoms with van der Waals surface area (Å²) >= 11 is 0. The van der Waals surface area contributed by atoms with E-state index in [2.05, 4.69) is 264 Å². The first-order valence-electron chi connectivity index (χ1n) is 21.8. The molecule has 0 unspecified atom stereocenters. The number of hydrogen-bond acceptors (Lipinski definition) is 1. The summed E-state index contributed by atoms with van der Waals surface area (Å²) in [5.41, 5.74) is 18.6. The molecule has 1 aromatic heterocycles. The molecule has 0 N–H and O–H groups in total. The van der Waals surface area contributed by atoms with Crippen LogP contribution in [0.25, 0.3) is 60.9 Å². The van der Waals surface area contributed by atoms with Gasteiger partial charge in [-0.15, -0.1) is 0 Å². The van der Waals surface area contributed by atoms with Gasteiger partial charge in [0.05, 0.1) is 16.4 Å². The van der Waals surface area contributed by atoms with Crippen LogP contribution < -0.4 is 4.90 Å². The fraction of sp³-hybridized carbons (Fsp3) is 0.0164. The molecule has 2 nitrogen and oxygen atoms in total. The lowest BCUT2D eigenvalue weighted by Crippen LogP contribution is -2.28. The van der Waals surface area contributed by atoms with E-state index in [0.29, 0.717) is 0 Å². The van der Waals surface area contributed by atoms with E-state index in [1.165, 1.54) is 71.9 Å². The largest absolute Gasteiger partial charge is 0.310 e. The van der Waals surface area contributed by atoms with Crippen molar-refractivity contribution in [1.82, 2.24) is 4.57 Å². The predicted molar refractivity (Wildman–Crippen MR) is 264 cm³/mol. The van der Waals surface area contributed by atoms with Crippen molar-refractivity contribution in [3.05, 3.63) is 277 Å². The molecule has 0 radical (unpaired) electrons. The summed E-state index contributed by atoms with van der Waals surface area (Å²) in [6, 6.07) is 93.3. The van der Waals surface area contributed by atoms with Crippen LogP contribution in [-0.2, 0) is 5.41 Å². The molecule has 0 amide bonds. The van der Waals surface area contributed by atoms with Gasteiger partial charge >= 0.3 is 0 Å². The van der Waals surface area contributed by atoms with E-state index >= 15 is 0 Å². The number of anilines is 3. The zero-order valence-corrected chi connectivity index (χ0v) is 34.6. The highest BCUT2D eigenvalue weighted by atomic mass is 15.1. The minimum atomic E-state index is -0.520. The lowest BCUT2D eigenvalue weighted by molar-refractivity contribution is 0.768. The Kier molecular flexibility index (Phi) is 8.76. The van der Waals surface area contributed by atoms with Gasteiger partial charge in [0.2, 0.25) is 0 Å². The van der Waals surface area contributed by atoms with Crippen molar-refractivity contribution < 1.29 is 0 Å². The molecule has 0 saturated carbocycles. The Labute approximate surface area is 368 Å². The van der Waals surface area contributed by atoms with Gasteiger partial charge in [-0.3, -0.25) is 0 Å². The lowest BCUT2D eigenvalue weighted by atomic mass is 9.67. The zero-order valence-electron chi connectivity index (χ0n) is 34.6. The van der Waals surface area contributed by atoms with E-state index in [9.17, 15) is 0 Å². The van der Waals surface area contributed by atoms with E-state index in [0.717, 1.165) is 28.3 Å². The van der Waals surface area contributed by atoms with E-state index in [1.807, 2.05) is 0 Å². The molecule has 0 bridgehead atoms. The molecule has 12 rings (SSSR count). The van der Waals surface area contributed by atoms with E-state index < -0.39 is 5.41 Å². The van der Waals surface area contributed by atoms with E-state index in [1.54, 1.807) is 0 Å². The first-order valence-corrected chi connectivity index (χ1v) is 21.8. The minimum Gasteiger partial charge on any atom is -0.310 e. The number of benzene rings is 10. The van der Waals surface area contributed by atoms with E-state index in [4.69, 9.17) is 0 Å². The molecule has 0 spiro atoms. The molecular formula is C61H42N2.